The molecule has 1 heterocycles. The van der Waals surface area contributed by atoms with Gasteiger partial charge in [-0.15, -0.1) is 0 Å². The lowest BCUT2D eigenvalue weighted by molar-refractivity contribution is 0.628. The van der Waals surface area contributed by atoms with Gasteiger partial charge < -0.3 is 4.31 Å². The molecule has 0 unspecified atom stereocenters. The van der Waals surface area contributed by atoms with Crippen LogP contribution in [0.4, 0.5) is 10.1 Å². The second-order valence-corrected chi connectivity index (χ2v) is 3.13. The molecule has 11 heavy (non-hydrogen) atoms. The Balaban J connectivity index is 2.52. The van der Waals surface area contributed by atoms with Crippen LogP contribution < -0.4 is 4.31 Å². The van der Waals surface area contributed by atoms with Gasteiger partial charge in [-0.1, -0.05) is 18.9 Å². The molecule has 0 amide bonds. The van der Waals surface area contributed by atoms with E-state index < -0.39 is 0 Å². The second kappa shape index (κ2) is 2.41. The standard InChI is InChI=1S/C8H8FNS/c9-7-2-1-6-3-4-10(11)8(6)5-7/h1-2,5,11H,3-4H2. The van der Waals surface area contributed by atoms with Crippen LogP contribution in [0.2, 0.25) is 0 Å². The first-order valence-corrected chi connectivity index (χ1v) is 3.92. The zero-order chi connectivity index (χ0) is 7.84. The molecule has 1 nitrogen and oxygen atoms in total. The Kier molecular flexibility index (Phi) is 1.53. The van der Waals surface area contributed by atoms with Crippen LogP contribution in [0.15, 0.2) is 18.2 Å². The van der Waals surface area contributed by atoms with Crippen molar-refractivity contribution in [1.29, 1.82) is 0 Å². The highest BCUT2D eigenvalue weighted by Crippen LogP contribution is 2.29. The van der Waals surface area contributed by atoms with Gasteiger partial charge in [0.25, 0.3) is 0 Å². The van der Waals surface area contributed by atoms with Crippen molar-refractivity contribution in [1.82, 2.24) is 0 Å². The average molecular weight is 169 g/mol. The maximum atomic E-state index is 12.7. The van der Waals surface area contributed by atoms with Crippen molar-refractivity contribution in [3.63, 3.8) is 0 Å². The molecule has 0 N–H and O–H groups in total. The minimum Gasteiger partial charge on any atom is -0.318 e. The Morgan fingerprint density at radius 1 is 1.45 bits per heavy atom. The topological polar surface area (TPSA) is 3.24 Å². The second-order valence-electron chi connectivity index (χ2n) is 2.65. The van der Waals surface area contributed by atoms with Gasteiger partial charge in [-0.3, -0.25) is 0 Å². The molecular weight excluding hydrogens is 161 g/mol. The van der Waals surface area contributed by atoms with Crippen molar-refractivity contribution < 1.29 is 4.39 Å². The summed E-state index contributed by atoms with van der Waals surface area (Å²) in [5.41, 5.74) is 2.09. The monoisotopic (exact) mass is 169 g/mol. The first kappa shape index (κ1) is 6.98. The summed E-state index contributed by atoms with van der Waals surface area (Å²) in [5.74, 6) is -0.190. The highest BCUT2D eigenvalue weighted by molar-refractivity contribution is 7.81. The van der Waals surface area contributed by atoms with Crippen molar-refractivity contribution >= 4 is 18.5 Å². The maximum absolute atomic E-state index is 12.7. The minimum atomic E-state index is -0.190. The summed E-state index contributed by atoms with van der Waals surface area (Å²) in [7, 11) is 0. The third kappa shape index (κ3) is 1.09. The van der Waals surface area contributed by atoms with E-state index in [0.29, 0.717) is 0 Å². The zero-order valence-corrected chi connectivity index (χ0v) is 6.81. The van der Waals surface area contributed by atoms with Gasteiger partial charge in [0.2, 0.25) is 0 Å². The van der Waals surface area contributed by atoms with Gasteiger partial charge in [-0.05, 0) is 24.1 Å². The summed E-state index contributed by atoms with van der Waals surface area (Å²) in [6.45, 7) is 0.877. The third-order valence-electron chi connectivity index (χ3n) is 1.92. The first-order chi connectivity index (χ1) is 5.27. The molecule has 1 aromatic carbocycles. The number of thiol groups is 1. The van der Waals surface area contributed by atoms with Gasteiger partial charge in [0, 0.05) is 6.54 Å². The molecule has 58 valence electrons. The largest absolute Gasteiger partial charge is 0.318 e. The lowest BCUT2D eigenvalue weighted by Crippen LogP contribution is -2.04. The first-order valence-electron chi connectivity index (χ1n) is 3.52. The van der Waals surface area contributed by atoms with Crippen molar-refractivity contribution in [2.45, 2.75) is 6.42 Å². The number of anilines is 1. The van der Waals surface area contributed by atoms with Gasteiger partial charge in [0.05, 0.1) is 5.69 Å². The fourth-order valence-electron chi connectivity index (χ4n) is 1.34. The Morgan fingerprint density at radius 2 is 2.27 bits per heavy atom. The van der Waals surface area contributed by atoms with E-state index >= 15 is 0 Å². The van der Waals surface area contributed by atoms with E-state index in [0.717, 1.165) is 18.7 Å². The molecule has 0 spiro atoms. The van der Waals surface area contributed by atoms with Crippen LogP contribution in [0.3, 0.4) is 0 Å². The van der Waals surface area contributed by atoms with Crippen LogP contribution in [0.1, 0.15) is 5.56 Å². The molecule has 3 heteroatoms. The molecule has 0 aliphatic carbocycles. The van der Waals surface area contributed by atoms with E-state index in [1.54, 1.807) is 4.31 Å². The predicted molar refractivity (Wildman–Crippen MR) is 46.4 cm³/mol. The predicted octanol–water partition coefficient (Wildman–Crippen LogP) is 2.03. The quantitative estimate of drug-likeness (QED) is 0.582. The van der Waals surface area contributed by atoms with Crippen molar-refractivity contribution in [2.24, 2.45) is 0 Å². The number of halogens is 1. The molecule has 0 fully saturated rings. The summed E-state index contributed by atoms with van der Waals surface area (Å²) in [4.78, 5) is 0. The molecule has 0 atom stereocenters. The highest BCUT2D eigenvalue weighted by Gasteiger charge is 2.16. The Labute approximate surface area is 70.4 Å². The highest BCUT2D eigenvalue weighted by atomic mass is 32.1. The van der Waals surface area contributed by atoms with Crippen LogP contribution in [0.25, 0.3) is 0 Å². The van der Waals surface area contributed by atoms with E-state index in [9.17, 15) is 4.39 Å². The van der Waals surface area contributed by atoms with E-state index in [1.165, 1.54) is 17.7 Å². The molecule has 0 bridgehead atoms. The smallest absolute Gasteiger partial charge is 0.125 e. The Bertz CT molecular complexity index is 287. The third-order valence-corrected chi connectivity index (χ3v) is 2.33. The lowest BCUT2D eigenvalue weighted by Gasteiger charge is -2.08. The summed E-state index contributed by atoms with van der Waals surface area (Å²) in [6.07, 6.45) is 0.971. The van der Waals surface area contributed by atoms with Crippen molar-refractivity contribution in [2.75, 3.05) is 10.8 Å². The van der Waals surface area contributed by atoms with Crippen LogP contribution in [-0.4, -0.2) is 6.54 Å². The molecule has 1 aromatic rings. The van der Waals surface area contributed by atoms with Crippen molar-refractivity contribution in [3.05, 3.63) is 29.6 Å². The molecule has 0 aromatic heterocycles. The average Bonchev–Trinajstić information content (AvgIpc) is 2.33. The van der Waals surface area contributed by atoms with Gasteiger partial charge in [0.1, 0.15) is 5.82 Å². The SMILES string of the molecule is Fc1ccc2c(c1)N(S)CC2. The minimum absolute atomic E-state index is 0.190. The maximum Gasteiger partial charge on any atom is 0.125 e. The number of hydrogen-bond acceptors (Lipinski definition) is 2. The molecule has 1 aliphatic rings. The molecular formula is C8H8FNS. The van der Waals surface area contributed by atoms with E-state index in [1.807, 2.05) is 6.07 Å². The Hall–Kier alpha value is -0.700. The summed E-state index contributed by atoms with van der Waals surface area (Å²) in [5, 5.41) is 0. The molecule has 0 saturated carbocycles. The van der Waals surface area contributed by atoms with Gasteiger partial charge >= 0.3 is 0 Å². The van der Waals surface area contributed by atoms with Gasteiger partial charge in [-0.25, -0.2) is 4.39 Å². The number of rotatable bonds is 0. The molecule has 0 radical (unpaired) electrons. The Morgan fingerprint density at radius 3 is 3.09 bits per heavy atom. The number of nitrogens with zero attached hydrogens (tertiary/aromatic N) is 1. The van der Waals surface area contributed by atoms with Crippen LogP contribution in [-0.2, 0) is 6.42 Å². The fraction of sp³-hybridized carbons (Fsp3) is 0.250. The van der Waals surface area contributed by atoms with E-state index in [4.69, 9.17) is 0 Å². The fourth-order valence-corrected chi connectivity index (χ4v) is 1.62. The molecule has 2 rings (SSSR count). The summed E-state index contributed by atoms with van der Waals surface area (Å²) in [6, 6.07) is 4.84. The number of benzene rings is 1. The van der Waals surface area contributed by atoms with Crippen LogP contribution >= 0.6 is 12.8 Å². The number of fused-ring (bicyclic) bond motifs is 1. The zero-order valence-electron chi connectivity index (χ0n) is 5.92. The molecule has 1 aliphatic heterocycles. The van der Waals surface area contributed by atoms with E-state index in [2.05, 4.69) is 12.8 Å². The normalized spacial score (nSPS) is 15.3. The van der Waals surface area contributed by atoms with Gasteiger partial charge in [-0.2, -0.15) is 0 Å². The summed E-state index contributed by atoms with van der Waals surface area (Å²) >= 11 is 4.19. The number of hydrogen-bond donors (Lipinski definition) is 1. The van der Waals surface area contributed by atoms with E-state index in [-0.39, 0.29) is 5.82 Å². The summed E-state index contributed by atoms with van der Waals surface area (Å²) < 4.78 is 14.5. The van der Waals surface area contributed by atoms with Crippen molar-refractivity contribution in [3.8, 4) is 0 Å². The molecule has 0 saturated heterocycles. The van der Waals surface area contributed by atoms with Gasteiger partial charge in [0.15, 0.2) is 0 Å². The van der Waals surface area contributed by atoms with Crippen LogP contribution in [0.5, 0.6) is 0 Å². The lowest BCUT2D eigenvalue weighted by atomic mass is 10.2. The van der Waals surface area contributed by atoms with Crippen LogP contribution in [0, 0.1) is 5.82 Å².